The van der Waals surface area contributed by atoms with E-state index in [0.717, 1.165) is 0 Å². The summed E-state index contributed by atoms with van der Waals surface area (Å²) in [5.74, 6) is -3.86. The number of hydrogen-bond acceptors (Lipinski definition) is 1. The molecule has 0 aromatic heterocycles. The highest BCUT2D eigenvalue weighted by Gasteiger charge is 2.72. The maximum Gasteiger partial charge on any atom is 0.430 e. The molecule has 0 amide bonds. The molecule has 12 heteroatoms. The molecule has 0 bridgehead atoms. The molecule has 0 fully saturated rings. The lowest BCUT2D eigenvalue weighted by molar-refractivity contribution is -0.435. The molecule has 0 saturated carbocycles. The fourth-order valence-corrected chi connectivity index (χ4v) is 0.577. The van der Waals surface area contributed by atoms with Gasteiger partial charge in [-0.15, -0.1) is 0 Å². The third-order valence-corrected chi connectivity index (χ3v) is 1.76. The van der Waals surface area contributed by atoms with Crippen molar-refractivity contribution in [3.63, 3.8) is 0 Å². The van der Waals surface area contributed by atoms with Crippen LogP contribution < -0.4 is 0 Å². The van der Waals surface area contributed by atoms with Crippen molar-refractivity contribution >= 4 is 0 Å². The highest BCUT2D eigenvalue weighted by Crippen LogP contribution is 2.48. The average Bonchev–Trinajstić information content (AvgIpc) is 2.12. The maximum absolute atomic E-state index is 12.7. The summed E-state index contributed by atoms with van der Waals surface area (Å²) < 4.78 is 135. The molecule has 0 aromatic carbocycles. The van der Waals surface area contributed by atoms with Crippen molar-refractivity contribution < 1.29 is 53.0 Å². The van der Waals surface area contributed by atoms with E-state index in [9.17, 15) is 48.3 Å². The Morgan fingerprint density at radius 3 is 1.42 bits per heavy atom. The fraction of sp³-hybridized carbons (Fsp3) is 0.714. The van der Waals surface area contributed by atoms with Crippen LogP contribution in [0.1, 0.15) is 6.92 Å². The van der Waals surface area contributed by atoms with Gasteiger partial charge in [-0.05, 0) is 6.92 Å². The van der Waals surface area contributed by atoms with Crippen LogP contribution in [0, 0.1) is 0 Å². The summed E-state index contributed by atoms with van der Waals surface area (Å²) in [7, 11) is 0. The number of hydrogen-bond donors (Lipinski definition) is 0. The smallest absolute Gasteiger partial charge is 0.246 e. The van der Waals surface area contributed by atoms with Crippen LogP contribution in [0.25, 0.3) is 0 Å². The Labute approximate surface area is 97.2 Å². The van der Waals surface area contributed by atoms with Gasteiger partial charge in [0.15, 0.2) is 0 Å². The molecule has 0 aliphatic heterocycles. The molecule has 0 N–H and O–H groups in total. The lowest BCUT2D eigenvalue weighted by Crippen LogP contribution is -2.56. The number of halogens is 11. The van der Waals surface area contributed by atoms with Gasteiger partial charge in [-0.25, -0.2) is 9.13 Å². The van der Waals surface area contributed by atoms with Crippen LogP contribution in [-0.2, 0) is 4.74 Å². The minimum Gasteiger partial charge on any atom is -0.246 e. The van der Waals surface area contributed by atoms with Crippen LogP contribution in [0.5, 0.6) is 0 Å². The minimum absolute atomic E-state index is 0.878. The third-order valence-electron chi connectivity index (χ3n) is 1.76. The topological polar surface area (TPSA) is 9.23 Å². The minimum atomic E-state index is -6.37. The molecule has 0 aliphatic carbocycles. The summed E-state index contributed by atoms with van der Waals surface area (Å²) in [6.45, 7) is -0.878. The summed E-state index contributed by atoms with van der Waals surface area (Å²) in [5.41, 5.74) is -5.66. The summed E-state index contributed by atoms with van der Waals surface area (Å²) in [6, 6.07) is 0. The van der Waals surface area contributed by atoms with Gasteiger partial charge in [0, 0.05) is 0 Å². The van der Waals surface area contributed by atoms with Gasteiger partial charge < -0.3 is 0 Å². The van der Waals surface area contributed by atoms with Gasteiger partial charge in [-0.1, -0.05) is 0 Å². The quantitative estimate of drug-likeness (QED) is 0.692. The largest absolute Gasteiger partial charge is 0.430 e. The van der Waals surface area contributed by atoms with E-state index in [1.807, 2.05) is 4.74 Å². The van der Waals surface area contributed by atoms with E-state index in [4.69, 9.17) is 0 Å². The maximum atomic E-state index is 12.7. The summed E-state index contributed by atoms with van der Waals surface area (Å²) in [6.07, 6.45) is -22.6. The first-order valence-electron chi connectivity index (χ1n) is 3.99. The number of ether oxygens (including phenoxy) is 1. The molecule has 1 nitrogen and oxygen atoms in total. The van der Waals surface area contributed by atoms with Gasteiger partial charge in [0.1, 0.15) is 0 Å². The summed E-state index contributed by atoms with van der Waals surface area (Å²) in [4.78, 5) is 0. The number of rotatable bonds is 4. The van der Waals surface area contributed by atoms with E-state index in [1.54, 1.807) is 0 Å². The van der Waals surface area contributed by atoms with E-state index in [1.165, 1.54) is 0 Å². The van der Waals surface area contributed by atoms with Gasteiger partial charge in [0.2, 0.25) is 0 Å². The molecule has 0 heterocycles. The highest BCUT2D eigenvalue weighted by molar-refractivity contribution is 5.02. The van der Waals surface area contributed by atoms with Crippen LogP contribution in [0.4, 0.5) is 48.3 Å². The first-order chi connectivity index (χ1) is 8.06. The Kier molecular flexibility index (Phi) is 4.53. The van der Waals surface area contributed by atoms with Crippen LogP contribution in [0.15, 0.2) is 11.9 Å². The molecule has 0 aromatic rings. The normalized spacial score (nSPS) is 17.1. The number of alkyl halides is 8. The molecule has 1 unspecified atom stereocenters. The van der Waals surface area contributed by atoms with Crippen molar-refractivity contribution in [2.24, 2.45) is 0 Å². The predicted octanol–water partition coefficient (Wildman–Crippen LogP) is 4.56. The first-order valence-corrected chi connectivity index (χ1v) is 3.99. The predicted molar refractivity (Wildman–Crippen MR) is 36.9 cm³/mol. The molecule has 114 valence electrons. The third kappa shape index (κ3) is 3.48. The molecule has 0 rings (SSSR count). The molecule has 0 spiro atoms. The second kappa shape index (κ2) is 4.80. The van der Waals surface area contributed by atoms with Gasteiger partial charge >= 0.3 is 24.5 Å². The van der Waals surface area contributed by atoms with E-state index >= 15 is 0 Å². The Morgan fingerprint density at radius 2 is 1.16 bits per heavy atom. The van der Waals surface area contributed by atoms with Crippen LogP contribution >= 0.6 is 0 Å². The molecular weight excluding hydrogens is 309 g/mol. The van der Waals surface area contributed by atoms with Crippen molar-refractivity contribution in [1.29, 1.82) is 0 Å². The molecule has 0 radical (unpaired) electrons. The second-order valence-electron chi connectivity index (χ2n) is 3.21. The first kappa shape index (κ1) is 17.9. The fourth-order valence-electron chi connectivity index (χ4n) is 0.577. The monoisotopic (exact) mass is 312 g/mol. The Balaban J connectivity index is 5.46. The summed E-state index contributed by atoms with van der Waals surface area (Å²) in [5, 5.41) is 0. The van der Waals surface area contributed by atoms with Gasteiger partial charge in [0.25, 0.3) is 11.5 Å². The molecule has 1 atom stereocenters. The zero-order valence-corrected chi connectivity index (χ0v) is 8.57. The highest BCUT2D eigenvalue weighted by atomic mass is 19.4. The van der Waals surface area contributed by atoms with E-state index in [-0.39, 0.29) is 0 Å². The second-order valence-corrected chi connectivity index (χ2v) is 3.21. The lowest BCUT2D eigenvalue weighted by atomic mass is 10.1. The van der Waals surface area contributed by atoms with Crippen molar-refractivity contribution in [2.45, 2.75) is 31.0 Å². The Morgan fingerprint density at radius 1 is 0.789 bits per heavy atom. The van der Waals surface area contributed by atoms with Crippen molar-refractivity contribution in [2.75, 3.05) is 0 Å². The van der Waals surface area contributed by atoms with E-state index < -0.39 is 42.9 Å². The molecule has 19 heavy (non-hydrogen) atoms. The van der Waals surface area contributed by atoms with E-state index in [2.05, 4.69) is 0 Å². The Bertz CT molecular complexity index is 362. The zero-order valence-electron chi connectivity index (χ0n) is 8.57. The zero-order chi connectivity index (χ0) is 15.9. The van der Waals surface area contributed by atoms with Crippen molar-refractivity contribution in [3.05, 3.63) is 11.9 Å². The average molecular weight is 312 g/mol. The lowest BCUT2D eigenvalue weighted by Gasteiger charge is -2.32. The molecule has 0 aliphatic rings. The van der Waals surface area contributed by atoms with Crippen LogP contribution in [-0.4, -0.2) is 24.1 Å². The van der Waals surface area contributed by atoms with Crippen LogP contribution in [0.2, 0.25) is 0 Å². The van der Waals surface area contributed by atoms with Crippen molar-refractivity contribution in [3.8, 4) is 0 Å². The molecule has 0 saturated heterocycles. The van der Waals surface area contributed by atoms with Gasteiger partial charge in [-0.2, -0.15) is 43.9 Å². The van der Waals surface area contributed by atoms with Crippen molar-refractivity contribution in [1.82, 2.24) is 0 Å². The van der Waals surface area contributed by atoms with Gasteiger partial charge in [0.05, 0.1) is 0 Å². The van der Waals surface area contributed by atoms with Crippen LogP contribution in [0.3, 0.4) is 0 Å². The Hall–Kier alpha value is -1.07. The van der Waals surface area contributed by atoms with E-state index in [0.29, 0.717) is 0 Å². The van der Waals surface area contributed by atoms with Gasteiger partial charge in [-0.3, -0.25) is 0 Å². The summed E-state index contributed by atoms with van der Waals surface area (Å²) >= 11 is 0. The molecular formula is C7H3F11O. The standard InChI is InChI=1S/C7H3F11O/c1-4(11,6(14,15)16)7(17,18)19-5(12,13)2(8)3(9)10/h1H3. The SMILES string of the molecule is CC(F)(C(F)(F)F)C(F)(F)OC(F)(F)C(F)=C(F)F.